The molecule has 1 aliphatic heterocycles. The van der Waals surface area contributed by atoms with Crippen LogP contribution in [0.4, 0.5) is 10.1 Å². The van der Waals surface area contributed by atoms with Crippen LogP contribution in [-0.4, -0.2) is 58.5 Å². The molecule has 2 aromatic rings. The van der Waals surface area contributed by atoms with E-state index >= 15 is 0 Å². The normalized spacial score (nSPS) is 21.1. The number of aromatic amines is 1. The van der Waals surface area contributed by atoms with Crippen molar-refractivity contribution in [3.05, 3.63) is 36.4 Å². The molecule has 5 nitrogen and oxygen atoms in total. The number of hydrogen-bond acceptors (Lipinski definition) is 4. The number of rotatable bonds is 4. The third-order valence-corrected chi connectivity index (χ3v) is 5.79. The Kier molecular flexibility index (Phi) is 4.96. The van der Waals surface area contributed by atoms with Gasteiger partial charge >= 0.3 is 0 Å². The number of aliphatic hydroxyl groups is 1. The first-order valence-electron chi connectivity index (χ1n) is 9.61. The van der Waals surface area contributed by atoms with Gasteiger partial charge in [0.25, 0.3) is 0 Å². The van der Waals surface area contributed by atoms with Crippen LogP contribution in [-0.2, 0) is 0 Å². The largest absolute Gasteiger partial charge is 0.389 e. The fraction of sp³-hybridized carbons (Fsp3) is 0.550. The molecule has 0 bridgehead atoms. The number of piperazine rings is 1. The molecule has 1 aromatic heterocycles. The van der Waals surface area contributed by atoms with E-state index in [0.29, 0.717) is 5.69 Å². The van der Waals surface area contributed by atoms with Gasteiger partial charge in [0.15, 0.2) is 0 Å². The second-order valence-corrected chi connectivity index (χ2v) is 7.70. The first kappa shape index (κ1) is 17.5. The topological polar surface area (TPSA) is 55.4 Å². The fourth-order valence-corrected chi connectivity index (χ4v) is 4.28. The van der Waals surface area contributed by atoms with E-state index in [1.807, 2.05) is 12.1 Å². The number of aromatic nitrogens is 2. The molecule has 0 amide bonds. The summed E-state index contributed by atoms with van der Waals surface area (Å²) in [5.41, 5.74) is 1.87. The van der Waals surface area contributed by atoms with Crippen molar-refractivity contribution < 1.29 is 9.50 Å². The molecule has 2 fully saturated rings. The van der Waals surface area contributed by atoms with Crippen LogP contribution in [0.25, 0.3) is 11.1 Å². The summed E-state index contributed by atoms with van der Waals surface area (Å²) < 4.78 is 14.6. The van der Waals surface area contributed by atoms with Crippen LogP contribution < -0.4 is 4.90 Å². The Hall–Kier alpha value is -1.92. The molecule has 2 aliphatic rings. The predicted octanol–water partition coefficient (Wildman–Crippen LogP) is 3.03. The van der Waals surface area contributed by atoms with Gasteiger partial charge in [-0.2, -0.15) is 5.10 Å². The SMILES string of the molecule is OC1(CN2CCN(c3ccc(-c4cn[nH]c4)cc3F)CC2)CCCCC1. The molecular weight excluding hydrogens is 331 g/mol. The van der Waals surface area contributed by atoms with Gasteiger partial charge in [0.2, 0.25) is 0 Å². The second kappa shape index (κ2) is 7.37. The van der Waals surface area contributed by atoms with Crippen LogP contribution in [0.15, 0.2) is 30.6 Å². The zero-order valence-electron chi connectivity index (χ0n) is 15.1. The average Bonchev–Trinajstić information content (AvgIpc) is 3.17. The summed E-state index contributed by atoms with van der Waals surface area (Å²) >= 11 is 0. The minimum absolute atomic E-state index is 0.192. The highest BCUT2D eigenvalue weighted by Gasteiger charge is 2.32. The summed E-state index contributed by atoms with van der Waals surface area (Å²) in [5.74, 6) is -0.192. The third-order valence-electron chi connectivity index (χ3n) is 5.79. The lowest BCUT2D eigenvalue weighted by atomic mass is 9.84. The van der Waals surface area contributed by atoms with Gasteiger partial charge in [-0.05, 0) is 30.5 Å². The number of benzene rings is 1. The van der Waals surface area contributed by atoms with Gasteiger partial charge in [-0.3, -0.25) is 10.00 Å². The first-order chi connectivity index (χ1) is 12.6. The molecule has 1 saturated carbocycles. The van der Waals surface area contributed by atoms with Crippen molar-refractivity contribution in [2.45, 2.75) is 37.7 Å². The number of halogens is 1. The van der Waals surface area contributed by atoms with E-state index in [4.69, 9.17) is 0 Å². The van der Waals surface area contributed by atoms with E-state index in [1.54, 1.807) is 18.5 Å². The van der Waals surface area contributed by atoms with Crippen molar-refractivity contribution in [2.75, 3.05) is 37.6 Å². The summed E-state index contributed by atoms with van der Waals surface area (Å²) in [6.45, 7) is 4.06. The van der Waals surface area contributed by atoms with E-state index < -0.39 is 5.60 Å². The Morgan fingerprint density at radius 3 is 2.50 bits per heavy atom. The molecule has 4 rings (SSSR count). The smallest absolute Gasteiger partial charge is 0.147 e. The zero-order valence-corrected chi connectivity index (χ0v) is 15.1. The van der Waals surface area contributed by atoms with Gasteiger partial charge in [-0.1, -0.05) is 25.3 Å². The summed E-state index contributed by atoms with van der Waals surface area (Å²) in [4.78, 5) is 4.44. The number of β-amino-alcohol motifs (C(OH)–C–C–N with tert-alkyl or cyclic N) is 1. The molecule has 2 N–H and O–H groups in total. The van der Waals surface area contributed by atoms with Crippen molar-refractivity contribution >= 4 is 5.69 Å². The first-order valence-corrected chi connectivity index (χ1v) is 9.61. The number of hydrogen-bond donors (Lipinski definition) is 2. The number of H-pyrrole nitrogens is 1. The maximum atomic E-state index is 14.6. The highest BCUT2D eigenvalue weighted by molar-refractivity contribution is 5.65. The Morgan fingerprint density at radius 2 is 1.85 bits per heavy atom. The van der Waals surface area contributed by atoms with Crippen LogP contribution in [0.3, 0.4) is 0 Å². The highest BCUT2D eigenvalue weighted by Crippen LogP contribution is 2.30. The van der Waals surface area contributed by atoms with Crippen molar-refractivity contribution in [1.29, 1.82) is 0 Å². The van der Waals surface area contributed by atoms with Gasteiger partial charge < -0.3 is 10.0 Å². The predicted molar refractivity (Wildman–Crippen MR) is 101 cm³/mol. The maximum absolute atomic E-state index is 14.6. The molecule has 26 heavy (non-hydrogen) atoms. The molecule has 1 saturated heterocycles. The van der Waals surface area contributed by atoms with Crippen molar-refractivity contribution in [3.63, 3.8) is 0 Å². The molecule has 1 aromatic carbocycles. The lowest BCUT2D eigenvalue weighted by Gasteiger charge is -2.41. The Bertz CT molecular complexity index is 719. The van der Waals surface area contributed by atoms with Gasteiger partial charge in [-0.25, -0.2) is 4.39 Å². The monoisotopic (exact) mass is 358 g/mol. The summed E-state index contributed by atoms with van der Waals surface area (Å²) in [6.07, 6.45) is 8.79. The Morgan fingerprint density at radius 1 is 1.08 bits per heavy atom. The number of anilines is 1. The van der Waals surface area contributed by atoms with E-state index in [2.05, 4.69) is 20.0 Å². The second-order valence-electron chi connectivity index (χ2n) is 7.70. The van der Waals surface area contributed by atoms with E-state index in [9.17, 15) is 9.50 Å². The van der Waals surface area contributed by atoms with E-state index in [1.165, 1.54) is 6.42 Å². The van der Waals surface area contributed by atoms with Crippen LogP contribution in [0.5, 0.6) is 0 Å². The average molecular weight is 358 g/mol. The Labute approximate surface area is 153 Å². The molecule has 2 heterocycles. The quantitative estimate of drug-likeness (QED) is 0.882. The maximum Gasteiger partial charge on any atom is 0.147 e. The molecule has 140 valence electrons. The molecular formula is C20H27FN4O. The lowest BCUT2D eigenvalue weighted by molar-refractivity contribution is -0.0271. The van der Waals surface area contributed by atoms with Gasteiger partial charge in [0, 0.05) is 44.5 Å². The van der Waals surface area contributed by atoms with Crippen LogP contribution >= 0.6 is 0 Å². The molecule has 0 spiro atoms. The molecule has 0 unspecified atom stereocenters. The van der Waals surface area contributed by atoms with Gasteiger partial charge in [-0.15, -0.1) is 0 Å². The Balaban J connectivity index is 1.37. The summed E-state index contributed by atoms with van der Waals surface area (Å²) in [5, 5.41) is 17.4. The zero-order chi connectivity index (χ0) is 18.0. The highest BCUT2D eigenvalue weighted by atomic mass is 19.1. The van der Waals surface area contributed by atoms with Crippen LogP contribution in [0.1, 0.15) is 32.1 Å². The van der Waals surface area contributed by atoms with Crippen molar-refractivity contribution in [2.24, 2.45) is 0 Å². The number of nitrogens with one attached hydrogen (secondary N) is 1. The van der Waals surface area contributed by atoms with Gasteiger partial charge in [0.05, 0.1) is 17.5 Å². The minimum Gasteiger partial charge on any atom is -0.389 e. The summed E-state index contributed by atoms with van der Waals surface area (Å²) in [7, 11) is 0. The molecule has 0 atom stereocenters. The minimum atomic E-state index is -0.516. The van der Waals surface area contributed by atoms with E-state index in [-0.39, 0.29) is 5.82 Å². The third kappa shape index (κ3) is 3.76. The summed E-state index contributed by atoms with van der Waals surface area (Å²) in [6, 6.07) is 5.39. The molecule has 0 radical (unpaired) electrons. The molecule has 6 heteroatoms. The molecule has 1 aliphatic carbocycles. The lowest BCUT2D eigenvalue weighted by Crippen LogP contribution is -2.52. The van der Waals surface area contributed by atoms with Crippen LogP contribution in [0.2, 0.25) is 0 Å². The van der Waals surface area contributed by atoms with E-state index in [0.717, 1.165) is 69.5 Å². The van der Waals surface area contributed by atoms with Crippen molar-refractivity contribution in [1.82, 2.24) is 15.1 Å². The van der Waals surface area contributed by atoms with Crippen LogP contribution in [0, 0.1) is 5.82 Å². The standard InChI is InChI=1S/C20H27FN4O/c21-18-12-16(17-13-22-23-14-17)4-5-19(18)25-10-8-24(9-11-25)15-20(26)6-2-1-3-7-20/h4-5,12-14,26H,1-3,6-11,15H2,(H,22,23). The van der Waals surface area contributed by atoms with Crippen molar-refractivity contribution in [3.8, 4) is 11.1 Å². The number of nitrogens with zero attached hydrogens (tertiary/aromatic N) is 3. The fourth-order valence-electron chi connectivity index (χ4n) is 4.28. The van der Waals surface area contributed by atoms with Gasteiger partial charge in [0.1, 0.15) is 5.82 Å².